The number of halogens is 1. The highest BCUT2D eigenvalue weighted by molar-refractivity contribution is 6.30. The van der Waals surface area contributed by atoms with Crippen LogP contribution in [0.3, 0.4) is 0 Å². The summed E-state index contributed by atoms with van der Waals surface area (Å²) in [6.45, 7) is 2.34. The summed E-state index contributed by atoms with van der Waals surface area (Å²) in [6.07, 6.45) is 0.952. The van der Waals surface area contributed by atoms with Gasteiger partial charge in [-0.15, -0.1) is 0 Å². The molecule has 0 bridgehead atoms. The van der Waals surface area contributed by atoms with Gasteiger partial charge in [-0.25, -0.2) is 19.7 Å². The molecule has 0 unspecified atom stereocenters. The van der Waals surface area contributed by atoms with Gasteiger partial charge in [0, 0.05) is 44.7 Å². The number of hydrogen-bond acceptors (Lipinski definition) is 7. The first-order chi connectivity index (χ1) is 13.1. The lowest BCUT2D eigenvalue weighted by atomic mass is 10.3. The predicted molar refractivity (Wildman–Crippen MR) is 91.8 cm³/mol. The molecule has 1 fully saturated rings. The van der Waals surface area contributed by atoms with E-state index < -0.39 is 18.2 Å². The van der Waals surface area contributed by atoms with Crippen molar-refractivity contribution in [2.75, 3.05) is 31.1 Å². The van der Waals surface area contributed by atoms with E-state index in [1.54, 1.807) is 4.90 Å². The number of piperazine rings is 1. The van der Waals surface area contributed by atoms with Crippen molar-refractivity contribution in [2.24, 2.45) is 0 Å². The predicted octanol–water partition coefficient (Wildman–Crippen LogP) is 1.23. The maximum absolute atomic E-state index is 12.8. The van der Waals surface area contributed by atoms with E-state index in [9.17, 15) is 9.59 Å². The first kappa shape index (κ1) is 15.5. The third-order valence-electron chi connectivity index (χ3n) is 4.11. The molecule has 0 radical (unpaired) electrons. The lowest BCUT2D eigenvalue weighted by Crippen LogP contribution is -2.47. The minimum atomic E-state index is -1.11. The standard InChI is InChI=1S/C16H15ClN6O3/c17-10-1-2-11(21-9-10)23-14(24)12-13(20-4-3-19-12)15(23)26-16(25)22-7-5-18-6-8-22/h1-4,9,15,18H,5-8H2/t15-/m0/s1/i9D. The van der Waals surface area contributed by atoms with E-state index in [2.05, 4.69) is 20.3 Å². The van der Waals surface area contributed by atoms with E-state index in [1.165, 1.54) is 29.4 Å². The van der Waals surface area contributed by atoms with Crippen LogP contribution in [0.2, 0.25) is 5.02 Å². The van der Waals surface area contributed by atoms with Crippen molar-refractivity contribution in [1.29, 1.82) is 0 Å². The molecule has 0 saturated carbocycles. The van der Waals surface area contributed by atoms with E-state index in [1.807, 2.05) is 0 Å². The number of ether oxygens (including phenoxy) is 1. The van der Waals surface area contributed by atoms with Gasteiger partial charge in [-0.1, -0.05) is 11.6 Å². The number of nitrogens with one attached hydrogen (secondary N) is 1. The van der Waals surface area contributed by atoms with Gasteiger partial charge in [0.1, 0.15) is 11.5 Å². The zero-order chi connectivity index (χ0) is 19.0. The Bertz CT molecular complexity index is 907. The number of nitrogens with zero attached hydrogens (tertiary/aromatic N) is 5. The number of fused-ring (bicyclic) bond motifs is 1. The van der Waals surface area contributed by atoms with Crippen LogP contribution in [0.15, 0.2) is 30.7 Å². The molecule has 4 rings (SSSR count). The van der Waals surface area contributed by atoms with Crippen molar-refractivity contribution in [2.45, 2.75) is 6.23 Å². The fourth-order valence-electron chi connectivity index (χ4n) is 2.85. The third kappa shape index (κ3) is 2.95. The number of anilines is 1. The second-order valence-electron chi connectivity index (χ2n) is 5.70. The summed E-state index contributed by atoms with van der Waals surface area (Å²) < 4.78 is 13.4. The van der Waals surface area contributed by atoms with Crippen molar-refractivity contribution < 1.29 is 15.7 Å². The van der Waals surface area contributed by atoms with Crippen molar-refractivity contribution in [3.05, 3.63) is 47.1 Å². The molecule has 134 valence electrons. The summed E-state index contributed by atoms with van der Waals surface area (Å²) >= 11 is 5.86. The molecular formula is C16H15ClN6O3. The van der Waals surface area contributed by atoms with E-state index in [-0.39, 0.29) is 28.4 Å². The normalized spacial score (nSPS) is 20.0. The van der Waals surface area contributed by atoms with Crippen LogP contribution < -0.4 is 10.2 Å². The van der Waals surface area contributed by atoms with E-state index >= 15 is 0 Å². The number of carbonyl (C=O) groups excluding carboxylic acids is 2. The maximum atomic E-state index is 12.8. The lowest BCUT2D eigenvalue weighted by molar-refractivity contribution is 0.0565. The van der Waals surface area contributed by atoms with E-state index in [0.29, 0.717) is 26.2 Å². The van der Waals surface area contributed by atoms with E-state index in [4.69, 9.17) is 17.7 Å². The Morgan fingerprint density at radius 2 is 2.04 bits per heavy atom. The summed E-state index contributed by atoms with van der Waals surface area (Å²) in [5.74, 6) is -0.377. The minimum Gasteiger partial charge on any atom is -0.419 e. The topological polar surface area (TPSA) is 101 Å². The molecule has 9 nitrogen and oxygen atoms in total. The van der Waals surface area contributed by atoms with Gasteiger partial charge < -0.3 is 15.0 Å². The average molecular weight is 376 g/mol. The molecule has 1 saturated heterocycles. The number of carbonyl (C=O) groups is 2. The SMILES string of the molecule is [2H]c1nc(N2C(=O)c3nccnc3[C@@H]2OC(=O)N2CCNCC2)ccc1Cl. The molecular weight excluding hydrogens is 360 g/mol. The van der Waals surface area contributed by atoms with Crippen molar-refractivity contribution >= 4 is 29.4 Å². The summed E-state index contributed by atoms with van der Waals surface area (Å²) in [6, 6.07) is 2.94. The van der Waals surface area contributed by atoms with Crippen LogP contribution in [0.1, 0.15) is 23.8 Å². The summed E-state index contributed by atoms with van der Waals surface area (Å²) in [7, 11) is 0. The lowest BCUT2D eigenvalue weighted by Gasteiger charge is -2.30. The van der Waals surface area contributed by atoms with Crippen LogP contribution in [0.4, 0.5) is 10.6 Å². The molecule has 2 aliphatic rings. The quantitative estimate of drug-likeness (QED) is 0.842. The zero-order valence-electron chi connectivity index (χ0n) is 14.6. The van der Waals surface area contributed by atoms with Crippen LogP contribution in [0, 0.1) is 0 Å². The first-order valence-electron chi connectivity index (χ1n) is 8.50. The van der Waals surface area contributed by atoms with Gasteiger partial charge in [0.15, 0.2) is 5.69 Å². The molecule has 1 atom stereocenters. The average Bonchev–Trinajstić information content (AvgIpc) is 2.97. The fraction of sp³-hybridized carbons (Fsp3) is 0.312. The highest BCUT2D eigenvalue weighted by Crippen LogP contribution is 2.35. The molecule has 0 aromatic carbocycles. The fourth-order valence-corrected chi connectivity index (χ4v) is 2.96. The Morgan fingerprint density at radius 1 is 1.27 bits per heavy atom. The van der Waals surface area contributed by atoms with Crippen LogP contribution in [-0.4, -0.2) is 58.0 Å². The van der Waals surface area contributed by atoms with Crippen LogP contribution >= 0.6 is 11.6 Å². The zero-order valence-corrected chi connectivity index (χ0v) is 14.3. The van der Waals surface area contributed by atoms with Crippen LogP contribution in [0.25, 0.3) is 0 Å². The summed E-state index contributed by atoms with van der Waals surface area (Å²) in [5, 5.41) is 3.30. The van der Waals surface area contributed by atoms with Gasteiger partial charge in [0.2, 0.25) is 6.23 Å². The molecule has 1 N–H and O–H groups in total. The molecule has 2 amide bonds. The Kier molecular flexibility index (Phi) is 4.08. The van der Waals surface area contributed by atoms with Crippen LogP contribution in [-0.2, 0) is 4.74 Å². The number of hydrogen-bond donors (Lipinski definition) is 1. The Balaban J connectivity index is 1.69. The Hall–Kier alpha value is -2.78. The van der Waals surface area contributed by atoms with Gasteiger partial charge in [-0.05, 0) is 12.1 Å². The minimum absolute atomic E-state index is 0.0823. The van der Waals surface area contributed by atoms with Gasteiger partial charge >= 0.3 is 6.09 Å². The van der Waals surface area contributed by atoms with Crippen molar-refractivity contribution in [1.82, 2.24) is 25.2 Å². The second kappa shape index (κ2) is 6.85. The molecule has 4 heterocycles. The monoisotopic (exact) mass is 375 g/mol. The number of rotatable bonds is 2. The van der Waals surface area contributed by atoms with Crippen molar-refractivity contribution in [3.8, 4) is 0 Å². The molecule has 26 heavy (non-hydrogen) atoms. The van der Waals surface area contributed by atoms with E-state index in [0.717, 1.165) is 0 Å². The highest BCUT2D eigenvalue weighted by atomic mass is 35.5. The maximum Gasteiger partial charge on any atom is 0.412 e. The van der Waals surface area contributed by atoms with Gasteiger partial charge in [-0.3, -0.25) is 9.78 Å². The van der Waals surface area contributed by atoms with Gasteiger partial charge in [0.05, 0.1) is 6.39 Å². The summed E-state index contributed by atoms with van der Waals surface area (Å²) in [4.78, 5) is 40.4. The first-order valence-corrected chi connectivity index (χ1v) is 8.38. The number of amides is 2. The molecule has 2 aromatic heterocycles. The highest BCUT2D eigenvalue weighted by Gasteiger charge is 2.44. The van der Waals surface area contributed by atoms with Crippen molar-refractivity contribution in [3.63, 3.8) is 0 Å². The molecule has 2 aliphatic heterocycles. The Labute approximate surface area is 155 Å². The van der Waals surface area contributed by atoms with Crippen LogP contribution in [0.5, 0.6) is 0 Å². The number of pyridine rings is 1. The third-order valence-corrected chi connectivity index (χ3v) is 4.32. The van der Waals surface area contributed by atoms with Gasteiger partial charge in [-0.2, -0.15) is 0 Å². The Morgan fingerprint density at radius 3 is 2.81 bits per heavy atom. The molecule has 10 heteroatoms. The molecule has 2 aromatic rings. The smallest absolute Gasteiger partial charge is 0.412 e. The van der Waals surface area contributed by atoms with Gasteiger partial charge in [0.25, 0.3) is 5.91 Å². The largest absolute Gasteiger partial charge is 0.419 e. The molecule has 0 aliphatic carbocycles. The second-order valence-corrected chi connectivity index (χ2v) is 6.11. The molecule has 0 spiro atoms. The summed E-state index contributed by atoms with van der Waals surface area (Å²) in [5.41, 5.74) is 0.313. The number of aromatic nitrogens is 3.